The largest absolute Gasteiger partial charge is 0.309 e. The smallest absolute Gasteiger partial charge is 0.0544 e. The standard InChI is InChI=1S/C40H28N2/c1-3-7-31(8-4-1)41-37-17-15-27(19-33(37)35-21-25-11-13-29(25)23-39(35)41)28-16-18-38-34(20-28)36-22-26-12-14-30(26)24-40(36)42(38)32-9-5-2-6-10-32/h1-10,15-24H,11-14H2. The monoisotopic (exact) mass is 536 g/mol. The Bertz CT molecular complexity index is 2220. The van der Waals surface area contributed by atoms with Gasteiger partial charge in [-0.05, 0) is 132 Å². The molecule has 0 saturated heterocycles. The highest BCUT2D eigenvalue weighted by molar-refractivity contribution is 6.13. The van der Waals surface area contributed by atoms with Crippen molar-refractivity contribution in [3.63, 3.8) is 0 Å². The van der Waals surface area contributed by atoms with Crippen LogP contribution in [0, 0.1) is 0 Å². The van der Waals surface area contributed by atoms with Gasteiger partial charge in [0.2, 0.25) is 0 Å². The fourth-order valence-corrected chi connectivity index (χ4v) is 7.49. The zero-order chi connectivity index (χ0) is 27.4. The molecule has 0 fully saturated rings. The Balaban J connectivity index is 1.22. The molecule has 0 atom stereocenters. The molecule has 2 nitrogen and oxygen atoms in total. The highest BCUT2D eigenvalue weighted by Gasteiger charge is 2.22. The van der Waals surface area contributed by atoms with Crippen LogP contribution in [0.4, 0.5) is 0 Å². The Morgan fingerprint density at radius 1 is 0.333 bits per heavy atom. The van der Waals surface area contributed by atoms with Gasteiger partial charge in [-0.25, -0.2) is 0 Å². The highest BCUT2D eigenvalue weighted by atomic mass is 15.0. The van der Waals surface area contributed by atoms with Crippen molar-refractivity contribution in [3.05, 3.63) is 144 Å². The van der Waals surface area contributed by atoms with Gasteiger partial charge in [0.1, 0.15) is 0 Å². The quantitative estimate of drug-likeness (QED) is 0.213. The number of aryl methyl sites for hydroxylation is 4. The van der Waals surface area contributed by atoms with Crippen LogP contribution in [0.2, 0.25) is 0 Å². The summed E-state index contributed by atoms with van der Waals surface area (Å²) in [5.41, 5.74) is 16.1. The van der Waals surface area contributed by atoms with Crippen LogP contribution in [0.25, 0.3) is 66.1 Å². The summed E-state index contributed by atoms with van der Waals surface area (Å²) in [6.07, 6.45) is 4.75. The van der Waals surface area contributed by atoms with Crippen molar-refractivity contribution >= 4 is 43.6 Å². The lowest BCUT2D eigenvalue weighted by molar-refractivity contribution is 0.843. The van der Waals surface area contributed by atoms with Crippen molar-refractivity contribution in [3.8, 4) is 22.5 Å². The van der Waals surface area contributed by atoms with E-state index in [1.165, 1.54) is 114 Å². The van der Waals surface area contributed by atoms with Gasteiger partial charge in [-0.15, -0.1) is 0 Å². The summed E-state index contributed by atoms with van der Waals surface area (Å²) >= 11 is 0. The van der Waals surface area contributed by atoms with Crippen molar-refractivity contribution in [1.82, 2.24) is 9.13 Å². The molecule has 6 aromatic carbocycles. The van der Waals surface area contributed by atoms with Crippen molar-refractivity contribution in [2.45, 2.75) is 25.7 Å². The first kappa shape index (κ1) is 22.6. The number of hydrogen-bond donors (Lipinski definition) is 0. The molecule has 10 rings (SSSR count). The Hall–Kier alpha value is -5.08. The van der Waals surface area contributed by atoms with E-state index < -0.39 is 0 Å². The number of hydrogen-bond acceptors (Lipinski definition) is 0. The van der Waals surface area contributed by atoms with Crippen LogP contribution in [0.5, 0.6) is 0 Å². The normalized spacial score (nSPS) is 13.8. The van der Waals surface area contributed by atoms with E-state index in [1.54, 1.807) is 0 Å². The molecule has 0 spiro atoms. The fraction of sp³-hybridized carbons (Fsp3) is 0.100. The summed E-state index contributed by atoms with van der Waals surface area (Å²) < 4.78 is 4.89. The molecular weight excluding hydrogens is 508 g/mol. The number of aromatic nitrogens is 2. The second-order valence-corrected chi connectivity index (χ2v) is 12.1. The molecule has 2 heterocycles. The number of benzene rings is 6. The molecule has 0 unspecified atom stereocenters. The molecular formula is C40H28N2. The average molecular weight is 537 g/mol. The van der Waals surface area contributed by atoms with Crippen molar-refractivity contribution < 1.29 is 0 Å². The van der Waals surface area contributed by atoms with E-state index >= 15 is 0 Å². The van der Waals surface area contributed by atoms with Crippen LogP contribution in [-0.4, -0.2) is 9.13 Å². The van der Waals surface area contributed by atoms with E-state index in [0.717, 1.165) is 0 Å². The summed E-state index contributed by atoms with van der Waals surface area (Å²) in [5.74, 6) is 0. The molecule has 0 aliphatic heterocycles. The second kappa shape index (κ2) is 8.24. The van der Waals surface area contributed by atoms with Gasteiger partial charge in [0.15, 0.2) is 0 Å². The van der Waals surface area contributed by atoms with E-state index in [9.17, 15) is 0 Å². The van der Waals surface area contributed by atoms with Crippen LogP contribution in [0.1, 0.15) is 22.3 Å². The first-order chi connectivity index (χ1) is 20.8. The lowest BCUT2D eigenvalue weighted by Crippen LogP contribution is -2.07. The lowest BCUT2D eigenvalue weighted by atomic mass is 9.87. The minimum atomic E-state index is 1.19. The van der Waals surface area contributed by atoms with Gasteiger partial charge in [-0.2, -0.15) is 0 Å². The molecule has 2 aliphatic carbocycles. The third kappa shape index (κ3) is 3.04. The van der Waals surface area contributed by atoms with E-state index in [4.69, 9.17) is 0 Å². The first-order valence-electron chi connectivity index (χ1n) is 15.1. The summed E-state index contributed by atoms with van der Waals surface area (Å²) in [4.78, 5) is 0. The van der Waals surface area contributed by atoms with Crippen LogP contribution in [0.15, 0.2) is 121 Å². The van der Waals surface area contributed by atoms with E-state index in [2.05, 4.69) is 130 Å². The van der Waals surface area contributed by atoms with Gasteiger partial charge in [0.05, 0.1) is 22.1 Å². The summed E-state index contributed by atoms with van der Waals surface area (Å²) in [6.45, 7) is 0. The van der Waals surface area contributed by atoms with Crippen molar-refractivity contribution in [2.75, 3.05) is 0 Å². The van der Waals surface area contributed by atoms with Gasteiger partial charge >= 0.3 is 0 Å². The fourth-order valence-electron chi connectivity index (χ4n) is 7.49. The Kier molecular flexibility index (Phi) is 4.43. The molecule has 0 N–H and O–H groups in total. The number of fused-ring (bicyclic) bond motifs is 8. The summed E-state index contributed by atoms with van der Waals surface area (Å²) in [6, 6.07) is 45.5. The molecule has 42 heavy (non-hydrogen) atoms. The Morgan fingerprint density at radius 3 is 1.12 bits per heavy atom. The Morgan fingerprint density at radius 2 is 0.714 bits per heavy atom. The SMILES string of the molecule is c1ccc(-n2c3ccc(-c4ccc5c(c4)c4cc6c(cc4n5-c4ccccc4)CC6)cc3c3cc4c(cc32)CC4)cc1. The first-order valence-corrected chi connectivity index (χ1v) is 15.1. The number of rotatable bonds is 3. The molecule has 0 amide bonds. The molecule has 8 aromatic rings. The van der Waals surface area contributed by atoms with Gasteiger partial charge in [-0.3, -0.25) is 0 Å². The average Bonchev–Trinajstić information content (AvgIpc) is 3.50. The zero-order valence-corrected chi connectivity index (χ0v) is 23.3. The van der Waals surface area contributed by atoms with Crippen LogP contribution < -0.4 is 0 Å². The Labute approximate surface area is 244 Å². The molecule has 198 valence electrons. The third-order valence-electron chi connectivity index (χ3n) is 9.86. The van der Waals surface area contributed by atoms with Crippen LogP contribution in [-0.2, 0) is 25.7 Å². The minimum Gasteiger partial charge on any atom is -0.309 e. The summed E-state index contributed by atoms with van der Waals surface area (Å²) in [7, 11) is 0. The number of nitrogens with zero attached hydrogens (tertiary/aromatic N) is 2. The maximum atomic E-state index is 2.45. The molecule has 2 aromatic heterocycles. The molecule has 0 radical (unpaired) electrons. The lowest BCUT2D eigenvalue weighted by Gasteiger charge is -2.19. The molecule has 0 bridgehead atoms. The van der Waals surface area contributed by atoms with Crippen molar-refractivity contribution in [1.29, 1.82) is 0 Å². The highest BCUT2D eigenvalue weighted by Crippen LogP contribution is 2.41. The summed E-state index contributed by atoms with van der Waals surface area (Å²) in [5, 5.41) is 5.37. The van der Waals surface area contributed by atoms with E-state index in [1.807, 2.05) is 0 Å². The van der Waals surface area contributed by atoms with Crippen LogP contribution >= 0.6 is 0 Å². The molecule has 2 aliphatic rings. The van der Waals surface area contributed by atoms with Crippen molar-refractivity contribution in [2.24, 2.45) is 0 Å². The zero-order valence-electron chi connectivity index (χ0n) is 23.3. The maximum Gasteiger partial charge on any atom is 0.0544 e. The van der Waals surface area contributed by atoms with Gasteiger partial charge < -0.3 is 9.13 Å². The predicted octanol–water partition coefficient (Wildman–Crippen LogP) is 9.74. The third-order valence-corrected chi connectivity index (χ3v) is 9.86. The van der Waals surface area contributed by atoms with E-state index in [-0.39, 0.29) is 0 Å². The van der Waals surface area contributed by atoms with Gasteiger partial charge in [0, 0.05) is 32.9 Å². The van der Waals surface area contributed by atoms with E-state index in [0.29, 0.717) is 0 Å². The minimum absolute atomic E-state index is 1.19. The number of para-hydroxylation sites is 2. The molecule has 2 heteroatoms. The predicted molar refractivity (Wildman–Crippen MR) is 175 cm³/mol. The molecule has 0 saturated carbocycles. The second-order valence-electron chi connectivity index (χ2n) is 12.1. The maximum absolute atomic E-state index is 2.45. The topological polar surface area (TPSA) is 9.86 Å². The van der Waals surface area contributed by atoms with Gasteiger partial charge in [0.25, 0.3) is 0 Å². The van der Waals surface area contributed by atoms with Gasteiger partial charge in [-0.1, -0.05) is 48.5 Å². The van der Waals surface area contributed by atoms with Crippen LogP contribution in [0.3, 0.4) is 0 Å².